The number of nitrogens with zero attached hydrogens (tertiary/aromatic N) is 6. The highest BCUT2D eigenvalue weighted by Crippen LogP contribution is 2.39. The standard InChI is InChI=1S/C25H21F3N8O3/c1-2-21(37)36-12-15(10-16(13-36)25(26,27)28)24-33-22(35-39-24)14-6-7-20(29-11-14)32-23(38)19-5-3-4-17(31-19)18-8-9-30-34-18/h2-9,11,15-16H,1,10,12-13H2,(H,30,34)(H,29,32,38)/t15-,16-/m0/s1. The maximum absolute atomic E-state index is 13.5. The molecule has 0 unspecified atom stereocenters. The van der Waals surface area contributed by atoms with Crippen LogP contribution in [0.15, 0.2) is 66.0 Å². The summed E-state index contributed by atoms with van der Waals surface area (Å²) >= 11 is 0. The zero-order valence-corrected chi connectivity index (χ0v) is 20.2. The number of carbonyl (C=O) groups is 2. The number of piperidine rings is 1. The van der Waals surface area contributed by atoms with Gasteiger partial charge in [-0.05, 0) is 42.8 Å². The van der Waals surface area contributed by atoms with Gasteiger partial charge < -0.3 is 14.7 Å². The highest BCUT2D eigenvalue weighted by Gasteiger charge is 2.46. The maximum Gasteiger partial charge on any atom is 0.393 e. The van der Waals surface area contributed by atoms with Crippen LogP contribution in [0.3, 0.4) is 0 Å². The van der Waals surface area contributed by atoms with Crippen molar-refractivity contribution in [1.29, 1.82) is 0 Å². The lowest BCUT2D eigenvalue weighted by atomic mass is 9.88. The van der Waals surface area contributed by atoms with Crippen LogP contribution in [0.25, 0.3) is 22.8 Å². The topological polar surface area (TPSA) is 143 Å². The number of hydrogen-bond donors (Lipinski definition) is 2. The van der Waals surface area contributed by atoms with Crippen LogP contribution < -0.4 is 5.32 Å². The number of nitrogens with one attached hydrogen (secondary N) is 2. The second kappa shape index (κ2) is 10.5. The van der Waals surface area contributed by atoms with Gasteiger partial charge in [-0.2, -0.15) is 23.3 Å². The first-order chi connectivity index (χ1) is 18.7. The number of hydrogen-bond acceptors (Lipinski definition) is 8. The van der Waals surface area contributed by atoms with Gasteiger partial charge in [0.2, 0.25) is 17.6 Å². The number of rotatable bonds is 6. The minimum absolute atomic E-state index is 0.00209. The summed E-state index contributed by atoms with van der Waals surface area (Å²) in [5.41, 5.74) is 1.80. The molecule has 2 amide bonds. The van der Waals surface area contributed by atoms with Crippen molar-refractivity contribution in [1.82, 2.24) is 35.2 Å². The first-order valence-corrected chi connectivity index (χ1v) is 11.8. The van der Waals surface area contributed by atoms with Crippen molar-refractivity contribution in [2.45, 2.75) is 18.5 Å². The van der Waals surface area contributed by atoms with E-state index in [4.69, 9.17) is 4.52 Å². The Labute approximate surface area is 219 Å². The van der Waals surface area contributed by atoms with Gasteiger partial charge in [0.25, 0.3) is 5.91 Å². The smallest absolute Gasteiger partial charge is 0.339 e. The number of H-pyrrole nitrogens is 1. The summed E-state index contributed by atoms with van der Waals surface area (Å²) < 4.78 is 45.7. The molecule has 11 nitrogen and oxygen atoms in total. The molecule has 1 aliphatic rings. The average molecular weight is 538 g/mol. The summed E-state index contributed by atoms with van der Waals surface area (Å²) in [5, 5.41) is 13.2. The first-order valence-electron chi connectivity index (χ1n) is 11.8. The maximum atomic E-state index is 13.5. The van der Waals surface area contributed by atoms with E-state index in [0.29, 0.717) is 17.0 Å². The number of alkyl halides is 3. The van der Waals surface area contributed by atoms with Gasteiger partial charge in [0, 0.05) is 31.0 Å². The lowest BCUT2D eigenvalue weighted by Crippen LogP contribution is -2.47. The quantitative estimate of drug-likeness (QED) is 0.353. The molecule has 2 N–H and O–H groups in total. The second-order valence-corrected chi connectivity index (χ2v) is 8.84. The number of aromatic amines is 1. The van der Waals surface area contributed by atoms with Gasteiger partial charge in [0.1, 0.15) is 11.5 Å². The minimum Gasteiger partial charge on any atom is -0.339 e. The summed E-state index contributed by atoms with van der Waals surface area (Å²) in [6, 6.07) is 9.82. The number of amides is 2. The van der Waals surface area contributed by atoms with E-state index in [2.05, 4.69) is 42.2 Å². The number of pyridine rings is 2. The third-order valence-electron chi connectivity index (χ3n) is 6.21. The third-order valence-corrected chi connectivity index (χ3v) is 6.21. The Morgan fingerprint density at radius 3 is 2.69 bits per heavy atom. The summed E-state index contributed by atoms with van der Waals surface area (Å²) in [6.45, 7) is 2.90. The molecular formula is C25H21F3N8O3. The SMILES string of the molecule is C=CC(=O)N1C[C@@H](c2nc(-c3ccc(NC(=O)c4cccc(-c5ccn[nH]5)n4)nc3)no2)C[C@H](C(F)(F)F)C1. The van der Waals surface area contributed by atoms with Crippen LogP contribution in [0, 0.1) is 5.92 Å². The van der Waals surface area contributed by atoms with Crippen molar-refractivity contribution in [2.75, 3.05) is 18.4 Å². The normalized spacial score (nSPS) is 17.6. The fourth-order valence-electron chi connectivity index (χ4n) is 4.23. The van der Waals surface area contributed by atoms with E-state index in [1.54, 1.807) is 36.5 Å². The van der Waals surface area contributed by atoms with E-state index in [9.17, 15) is 22.8 Å². The molecule has 5 heterocycles. The minimum atomic E-state index is -4.48. The van der Waals surface area contributed by atoms with Crippen LogP contribution in [0.1, 0.15) is 28.7 Å². The van der Waals surface area contributed by atoms with Crippen molar-refractivity contribution in [2.24, 2.45) is 5.92 Å². The molecule has 0 saturated carbocycles. The fourth-order valence-corrected chi connectivity index (χ4v) is 4.23. The molecule has 0 radical (unpaired) electrons. The van der Waals surface area contributed by atoms with Gasteiger partial charge in [-0.25, -0.2) is 9.97 Å². The van der Waals surface area contributed by atoms with Crippen LogP contribution in [-0.2, 0) is 4.79 Å². The molecule has 4 aromatic heterocycles. The Bertz CT molecular complexity index is 1480. The Morgan fingerprint density at radius 1 is 1.15 bits per heavy atom. The summed E-state index contributed by atoms with van der Waals surface area (Å²) in [4.78, 5) is 38.6. The molecule has 1 saturated heterocycles. The van der Waals surface area contributed by atoms with Crippen molar-refractivity contribution in [3.63, 3.8) is 0 Å². The van der Waals surface area contributed by atoms with E-state index in [-0.39, 0.29) is 36.2 Å². The number of halogens is 3. The third kappa shape index (κ3) is 5.68. The Hall–Kier alpha value is -4.88. The highest BCUT2D eigenvalue weighted by molar-refractivity contribution is 6.02. The van der Waals surface area contributed by atoms with E-state index in [1.807, 2.05) is 0 Å². The van der Waals surface area contributed by atoms with Crippen LogP contribution in [0.4, 0.5) is 19.0 Å². The highest BCUT2D eigenvalue weighted by atomic mass is 19.4. The Balaban J connectivity index is 1.28. The molecule has 1 aliphatic heterocycles. The molecule has 0 bridgehead atoms. The van der Waals surface area contributed by atoms with E-state index >= 15 is 0 Å². The summed E-state index contributed by atoms with van der Waals surface area (Å²) in [6.07, 6.45) is -0.820. The van der Waals surface area contributed by atoms with Gasteiger partial charge in [-0.3, -0.25) is 14.7 Å². The lowest BCUT2D eigenvalue weighted by molar-refractivity contribution is -0.189. The molecule has 0 aliphatic carbocycles. The zero-order valence-electron chi connectivity index (χ0n) is 20.2. The molecular weight excluding hydrogens is 517 g/mol. The molecule has 1 fully saturated rings. The summed E-state index contributed by atoms with van der Waals surface area (Å²) in [5.74, 6) is -3.27. The molecule has 2 atom stereocenters. The Kier molecular flexibility index (Phi) is 6.92. The van der Waals surface area contributed by atoms with E-state index in [1.165, 1.54) is 12.3 Å². The van der Waals surface area contributed by atoms with Crippen molar-refractivity contribution in [3.05, 3.63) is 73.0 Å². The van der Waals surface area contributed by atoms with Gasteiger partial charge in [-0.1, -0.05) is 17.8 Å². The molecule has 14 heteroatoms. The second-order valence-electron chi connectivity index (χ2n) is 8.84. The molecule has 200 valence electrons. The average Bonchev–Trinajstić information content (AvgIpc) is 3.66. The van der Waals surface area contributed by atoms with Gasteiger partial charge in [0.15, 0.2) is 0 Å². The van der Waals surface area contributed by atoms with Crippen molar-refractivity contribution in [3.8, 4) is 22.8 Å². The predicted molar refractivity (Wildman–Crippen MR) is 131 cm³/mol. The van der Waals surface area contributed by atoms with Gasteiger partial charge >= 0.3 is 6.18 Å². The van der Waals surface area contributed by atoms with Gasteiger partial charge in [0.05, 0.1) is 23.2 Å². The fraction of sp³-hybridized carbons (Fsp3) is 0.240. The van der Waals surface area contributed by atoms with Crippen molar-refractivity contribution < 1.29 is 27.3 Å². The van der Waals surface area contributed by atoms with Gasteiger partial charge in [-0.15, -0.1) is 0 Å². The van der Waals surface area contributed by atoms with Crippen LogP contribution in [0.2, 0.25) is 0 Å². The van der Waals surface area contributed by atoms with E-state index < -0.39 is 36.4 Å². The predicted octanol–water partition coefficient (Wildman–Crippen LogP) is 3.85. The monoisotopic (exact) mass is 538 g/mol. The molecule has 0 spiro atoms. The number of likely N-dealkylation sites (tertiary alicyclic amines) is 1. The first kappa shape index (κ1) is 25.8. The molecule has 39 heavy (non-hydrogen) atoms. The Morgan fingerprint density at radius 2 is 2.00 bits per heavy atom. The van der Waals surface area contributed by atoms with Crippen molar-refractivity contribution >= 4 is 17.6 Å². The number of carbonyl (C=O) groups excluding carboxylic acids is 2. The van der Waals surface area contributed by atoms with Crippen LogP contribution in [-0.4, -0.2) is 66.3 Å². The summed E-state index contributed by atoms with van der Waals surface area (Å²) in [7, 11) is 0. The number of aromatic nitrogens is 6. The van der Waals surface area contributed by atoms with Crippen LogP contribution >= 0.6 is 0 Å². The zero-order chi connectivity index (χ0) is 27.6. The lowest BCUT2D eigenvalue weighted by Gasteiger charge is -2.36. The molecule has 0 aromatic carbocycles. The largest absolute Gasteiger partial charge is 0.393 e. The molecule has 5 rings (SSSR count). The van der Waals surface area contributed by atoms with Crippen LogP contribution in [0.5, 0.6) is 0 Å². The molecule has 4 aromatic rings. The number of anilines is 1. The van der Waals surface area contributed by atoms with E-state index in [0.717, 1.165) is 11.0 Å².